The number of carbonyl (C=O) groups excluding carboxylic acids is 1. The molecule has 3 saturated heterocycles. The summed E-state index contributed by atoms with van der Waals surface area (Å²) in [6.45, 7) is 2.48. The Morgan fingerprint density at radius 1 is 1.12 bits per heavy atom. The SMILES string of the molecule is N#Cc1ccc(C(=O)N2C[C@@H]3CC[C@H]2CN(c2cnccn2)C3)cc1. The number of aromatic nitrogens is 2. The molecule has 3 fully saturated rings. The molecule has 3 aliphatic heterocycles. The van der Waals surface area contributed by atoms with Crippen molar-refractivity contribution in [1.82, 2.24) is 14.9 Å². The number of hydrogen-bond donors (Lipinski definition) is 0. The second-order valence-electron chi connectivity index (χ2n) is 6.71. The van der Waals surface area contributed by atoms with Crippen molar-refractivity contribution in [3.05, 3.63) is 54.0 Å². The lowest BCUT2D eigenvalue weighted by Gasteiger charge is -2.36. The van der Waals surface area contributed by atoms with Crippen molar-refractivity contribution >= 4 is 11.7 Å². The Morgan fingerprint density at radius 3 is 2.68 bits per heavy atom. The van der Waals surface area contributed by atoms with E-state index in [0.717, 1.165) is 38.3 Å². The van der Waals surface area contributed by atoms with E-state index in [1.165, 1.54) is 0 Å². The van der Waals surface area contributed by atoms with E-state index in [0.29, 0.717) is 17.0 Å². The Morgan fingerprint density at radius 2 is 1.96 bits per heavy atom. The first-order valence-electron chi connectivity index (χ1n) is 8.56. The number of fused-ring (bicyclic) bond motifs is 4. The van der Waals surface area contributed by atoms with Gasteiger partial charge in [-0.2, -0.15) is 5.26 Å². The van der Waals surface area contributed by atoms with Gasteiger partial charge >= 0.3 is 0 Å². The third-order valence-corrected chi connectivity index (χ3v) is 5.11. The van der Waals surface area contributed by atoms with Crippen LogP contribution in [0.3, 0.4) is 0 Å². The van der Waals surface area contributed by atoms with Gasteiger partial charge in [-0.15, -0.1) is 0 Å². The molecule has 0 unspecified atom stereocenters. The number of nitrogens with zero attached hydrogens (tertiary/aromatic N) is 5. The van der Waals surface area contributed by atoms with Crippen LogP contribution in [0.5, 0.6) is 0 Å². The van der Waals surface area contributed by atoms with E-state index in [9.17, 15) is 4.79 Å². The number of amides is 1. The molecule has 6 nitrogen and oxygen atoms in total. The van der Waals surface area contributed by atoms with Crippen LogP contribution in [-0.4, -0.2) is 46.5 Å². The van der Waals surface area contributed by atoms with E-state index in [1.807, 2.05) is 4.90 Å². The molecule has 0 aliphatic carbocycles. The molecule has 0 saturated carbocycles. The first-order valence-corrected chi connectivity index (χ1v) is 8.56. The molecule has 2 bridgehead atoms. The maximum atomic E-state index is 13.0. The fraction of sp³-hybridized carbons (Fsp3) is 0.368. The third-order valence-electron chi connectivity index (χ3n) is 5.11. The predicted octanol–water partition coefficient (Wildman–Crippen LogP) is 2.09. The van der Waals surface area contributed by atoms with E-state index < -0.39 is 0 Å². The zero-order chi connectivity index (χ0) is 17.2. The Bertz CT molecular complexity index is 799. The minimum Gasteiger partial charge on any atom is -0.353 e. The topological polar surface area (TPSA) is 73.1 Å². The van der Waals surface area contributed by atoms with E-state index >= 15 is 0 Å². The van der Waals surface area contributed by atoms with Gasteiger partial charge in [-0.1, -0.05) is 0 Å². The number of hydrogen-bond acceptors (Lipinski definition) is 5. The number of rotatable bonds is 2. The Hall–Kier alpha value is -2.94. The standard InChI is InChI=1S/C19H19N5O/c20-9-14-1-4-16(5-2-14)19(25)24-12-15-3-6-17(24)13-23(11-15)18-10-21-7-8-22-18/h1-2,4-5,7-8,10,15,17H,3,6,11-13H2/t15-,17+/m1/s1. The van der Waals surface area contributed by atoms with Crippen molar-refractivity contribution in [2.24, 2.45) is 5.92 Å². The smallest absolute Gasteiger partial charge is 0.254 e. The van der Waals surface area contributed by atoms with Gasteiger partial charge in [-0.05, 0) is 43.0 Å². The van der Waals surface area contributed by atoms with Crippen molar-refractivity contribution < 1.29 is 4.79 Å². The van der Waals surface area contributed by atoms with Crippen LogP contribution in [0.2, 0.25) is 0 Å². The molecule has 1 aromatic carbocycles. The van der Waals surface area contributed by atoms with Crippen molar-refractivity contribution in [2.75, 3.05) is 24.5 Å². The molecule has 126 valence electrons. The van der Waals surface area contributed by atoms with Crippen molar-refractivity contribution in [3.8, 4) is 6.07 Å². The molecule has 25 heavy (non-hydrogen) atoms. The van der Waals surface area contributed by atoms with Crippen molar-refractivity contribution in [3.63, 3.8) is 0 Å². The average Bonchev–Trinajstić information content (AvgIpc) is 3.00. The van der Waals surface area contributed by atoms with Gasteiger partial charge in [0.25, 0.3) is 5.91 Å². The lowest BCUT2D eigenvalue weighted by molar-refractivity contribution is 0.0592. The fourth-order valence-corrected chi connectivity index (χ4v) is 3.83. The number of anilines is 1. The van der Waals surface area contributed by atoms with Crippen LogP contribution >= 0.6 is 0 Å². The summed E-state index contributed by atoms with van der Waals surface area (Å²) in [5.74, 6) is 1.38. The van der Waals surface area contributed by atoms with E-state index in [2.05, 4.69) is 20.9 Å². The van der Waals surface area contributed by atoms with Gasteiger partial charge in [0.1, 0.15) is 5.82 Å². The van der Waals surface area contributed by atoms with E-state index in [4.69, 9.17) is 5.26 Å². The van der Waals surface area contributed by atoms with Crippen LogP contribution in [0.15, 0.2) is 42.9 Å². The third kappa shape index (κ3) is 3.05. The summed E-state index contributed by atoms with van der Waals surface area (Å²) in [5.41, 5.74) is 1.22. The Balaban J connectivity index is 1.56. The zero-order valence-corrected chi connectivity index (χ0v) is 13.9. The molecule has 4 heterocycles. The summed E-state index contributed by atoms with van der Waals surface area (Å²) in [4.78, 5) is 25.8. The van der Waals surface area contributed by atoms with Crippen LogP contribution in [0.4, 0.5) is 5.82 Å². The summed E-state index contributed by atoms with van der Waals surface area (Å²) in [7, 11) is 0. The molecule has 2 aromatic rings. The van der Waals surface area contributed by atoms with Gasteiger partial charge in [0.15, 0.2) is 0 Å². The monoisotopic (exact) mass is 333 g/mol. The number of benzene rings is 1. The van der Waals surface area contributed by atoms with Gasteiger partial charge < -0.3 is 9.80 Å². The van der Waals surface area contributed by atoms with Crippen LogP contribution in [-0.2, 0) is 0 Å². The largest absolute Gasteiger partial charge is 0.353 e. The molecule has 1 aromatic heterocycles. The molecular weight excluding hydrogens is 314 g/mol. The maximum Gasteiger partial charge on any atom is 0.254 e. The molecule has 2 atom stereocenters. The first kappa shape index (κ1) is 15.6. The van der Waals surface area contributed by atoms with Gasteiger partial charge in [-0.3, -0.25) is 9.78 Å². The van der Waals surface area contributed by atoms with Crippen LogP contribution in [0.25, 0.3) is 0 Å². The summed E-state index contributed by atoms with van der Waals surface area (Å²) < 4.78 is 0. The number of carbonyl (C=O) groups is 1. The molecule has 0 spiro atoms. The molecule has 1 amide bonds. The van der Waals surface area contributed by atoms with Crippen LogP contribution in [0.1, 0.15) is 28.8 Å². The van der Waals surface area contributed by atoms with Gasteiger partial charge in [0.05, 0.1) is 17.8 Å². The van der Waals surface area contributed by atoms with E-state index in [1.54, 1.807) is 42.9 Å². The highest BCUT2D eigenvalue weighted by Crippen LogP contribution is 2.30. The summed E-state index contributed by atoms with van der Waals surface area (Å²) in [6.07, 6.45) is 7.33. The highest BCUT2D eigenvalue weighted by atomic mass is 16.2. The lowest BCUT2D eigenvalue weighted by Crippen LogP contribution is -2.47. The van der Waals surface area contributed by atoms with E-state index in [-0.39, 0.29) is 11.9 Å². The normalized spacial score (nSPS) is 22.4. The van der Waals surface area contributed by atoms with Crippen molar-refractivity contribution in [1.29, 1.82) is 5.26 Å². The second-order valence-corrected chi connectivity index (χ2v) is 6.71. The number of piperidine rings is 1. The van der Waals surface area contributed by atoms with Gasteiger partial charge in [0.2, 0.25) is 0 Å². The quantitative estimate of drug-likeness (QED) is 0.841. The Labute approximate surface area is 146 Å². The predicted molar refractivity (Wildman–Crippen MR) is 93.0 cm³/mol. The van der Waals surface area contributed by atoms with Gasteiger partial charge in [-0.25, -0.2) is 4.98 Å². The van der Waals surface area contributed by atoms with Crippen LogP contribution in [0, 0.1) is 17.2 Å². The molecule has 0 N–H and O–H groups in total. The minimum absolute atomic E-state index is 0.0557. The molecule has 0 radical (unpaired) electrons. The highest BCUT2D eigenvalue weighted by molar-refractivity contribution is 5.94. The molecule has 3 aliphatic rings. The fourth-order valence-electron chi connectivity index (χ4n) is 3.83. The second kappa shape index (κ2) is 6.52. The molecular formula is C19H19N5O. The van der Waals surface area contributed by atoms with Crippen molar-refractivity contribution in [2.45, 2.75) is 18.9 Å². The maximum absolute atomic E-state index is 13.0. The minimum atomic E-state index is 0.0557. The average molecular weight is 333 g/mol. The molecule has 5 rings (SSSR count). The molecule has 6 heteroatoms. The summed E-state index contributed by atoms with van der Waals surface area (Å²) in [6, 6.07) is 9.18. The van der Waals surface area contributed by atoms with Gasteiger partial charge in [0, 0.05) is 43.6 Å². The van der Waals surface area contributed by atoms with Crippen LogP contribution < -0.4 is 4.90 Å². The summed E-state index contributed by atoms with van der Waals surface area (Å²) >= 11 is 0. The highest BCUT2D eigenvalue weighted by Gasteiger charge is 2.37. The zero-order valence-electron chi connectivity index (χ0n) is 13.9. The number of nitriles is 1. The lowest BCUT2D eigenvalue weighted by atomic mass is 9.94. The summed E-state index contributed by atoms with van der Waals surface area (Å²) in [5, 5.41) is 8.91. The first-order chi connectivity index (χ1) is 12.2. The Kier molecular flexibility index (Phi) is 4.06.